The van der Waals surface area contributed by atoms with Gasteiger partial charge in [0.05, 0.1) is 5.69 Å². The predicted octanol–water partition coefficient (Wildman–Crippen LogP) is 1.26. The van der Waals surface area contributed by atoms with E-state index in [-0.39, 0.29) is 24.3 Å². The fraction of sp³-hybridized carbons (Fsp3) is 0.429. The van der Waals surface area contributed by atoms with Crippen LogP contribution in [0.25, 0.3) is 0 Å². The van der Waals surface area contributed by atoms with Gasteiger partial charge in [-0.1, -0.05) is 6.07 Å². The molecule has 0 aromatic heterocycles. The molecule has 2 fully saturated rings. The molecule has 1 unspecified atom stereocenters. The summed E-state index contributed by atoms with van der Waals surface area (Å²) in [6.45, 7) is 6.87. The SMILES string of the molecule is CN1CCN(c2ccc3c(c2)N(CC(=O)Nc2ccc4c(c2)CC2(C4)NC(=O)NC2=O)C(=O)C(C)(C)O3)CC1. The first kappa shape index (κ1) is 25.2. The third kappa shape index (κ3) is 4.46. The number of benzene rings is 2. The topological polar surface area (TPSA) is 123 Å². The Labute approximate surface area is 226 Å². The molecule has 2 aromatic carbocycles. The Morgan fingerprint density at radius 1 is 1.00 bits per heavy atom. The molecule has 204 valence electrons. The van der Waals surface area contributed by atoms with E-state index in [9.17, 15) is 19.2 Å². The summed E-state index contributed by atoms with van der Waals surface area (Å²) in [6, 6.07) is 10.8. The maximum atomic E-state index is 13.4. The Kier molecular flexibility index (Phi) is 5.79. The molecule has 2 saturated heterocycles. The molecule has 39 heavy (non-hydrogen) atoms. The van der Waals surface area contributed by atoms with Crippen LogP contribution in [-0.2, 0) is 27.2 Å². The van der Waals surface area contributed by atoms with Crippen molar-refractivity contribution in [2.24, 2.45) is 0 Å². The molecule has 2 aromatic rings. The zero-order valence-electron chi connectivity index (χ0n) is 22.3. The molecule has 1 atom stereocenters. The molecule has 1 aliphatic carbocycles. The number of fused-ring (bicyclic) bond motifs is 2. The van der Waals surface area contributed by atoms with Crippen LogP contribution in [0.2, 0.25) is 0 Å². The second kappa shape index (κ2) is 8.98. The lowest BCUT2D eigenvalue weighted by molar-refractivity contribution is -0.133. The lowest BCUT2D eigenvalue weighted by atomic mass is 9.96. The average Bonchev–Trinajstić information content (AvgIpc) is 3.38. The standard InChI is InChI=1S/C28H32N6O5/c1-27(2)25(37)34(21-13-20(6-7-22(21)39-27)33-10-8-32(3)9-11-33)16-23(35)29-19-5-4-17-14-28(15-18(17)12-19)24(36)30-26(38)31-28/h4-7,12-13H,8-11,14-16H2,1-3H3,(H,29,35)(H2,30,31,36,38). The summed E-state index contributed by atoms with van der Waals surface area (Å²) >= 11 is 0. The van der Waals surface area contributed by atoms with Crippen LogP contribution in [0.3, 0.4) is 0 Å². The maximum Gasteiger partial charge on any atom is 0.322 e. The minimum atomic E-state index is -1.11. The Balaban J connectivity index is 1.20. The van der Waals surface area contributed by atoms with E-state index in [0.29, 0.717) is 30.0 Å². The number of anilines is 3. The van der Waals surface area contributed by atoms with Crippen molar-refractivity contribution < 1.29 is 23.9 Å². The number of ether oxygens (including phenoxy) is 1. The highest BCUT2D eigenvalue weighted by molar-refractivity contribution is 6.09. The zero-order valence-corrected chi connectivity index (χ0v) is 22.3. The van der Waals surface area contributed by atoms with E-state index < -0.39 is 17.2 Å². The fourth-order valence-electron chi connectivity index (χ4n) is 5.85. The van der Waals surface area contributed by atoms with Crippen LogP contribution in [-0.4, -0.2) is 79.6 Å². The number of hydrogen-bond donors (Lipinski definition) is 3. The van der Waals surface area contributed by atoms with Crippen LogP contribution in [0.15, 0.2) is 36.4 Å². The van der Waals surface area contributed by atoms with Gasteiger partial charge in [0.25, 0.3) is 11.8 Å². The van der Waals surface area contributed by atoms with E-state index in [4.69, 9.17) is 4.74 Å². The van der Waals surface area contributed by atoms with Gasteiger partial charge in [-0.2, -0.15) is 0 Å². The lowest BCUT2D eigenvalue weighted by Crippen LogP contribution is -2.54. The molecule has 0 bridgehead atoms. The number of nitrogens with zero attached hydrogens (tertiary/aromatic N) is 3. The predicted molar refractivity (Wildman–Crippen MR) is 145 cm³/mol. The number of nitrogens with one attached hydrogen (secondary N) is 3. The van der Waals surface area contributed by atoms with Gasteiger partial charge in [0.1, 0.15) is 17.8 Å². The van der Waals surface area contributed by atoms with E-state index in [1.165, 1.54) is 4.90 Å². The molecule has 0 saturated carbocycles. The first-order valence-corrected chi connectivity index (χ1v) is 13.2. The van der Waals surface area contributed by atoms with E-state index >= 15 is 0 Å². The quantitative estimate of drug-likeness (QED) is 0.507. The largest absolute Gasteiger partial charge is 0.476 e. The second-order valence-electron chi connectivity index (χ2n) is 11.3. The molecular formula is C28H32N6O5. The van der Waals surface area contributed by atoms with Gasteiger partial charge in [-0.25, -0.2) is 4.79 Å². The number of imide groups is 1. The number of rotatable bonds is 4. The van der Waals surface area contributed by atoms with Gasteiger partial charge < -0.3 is 25.2 Å². The lowest BCUT2D eigenvalue weighted by Gasteiger charge is -2.40. The van der Waals surface area contributed by atoms with Gasteiger partial charge >= 0.3 is 6.03 Å². The Bertz CT molecular complexity index is 1400. The first-order chi connectivity index (χ1) is 18.5. The first-order valence-electron chi connectivity index (χ1n) is 13.2. The minimum absolute atomic E-state index is 0.176. The van der Waals surface area contributed by atoms with Crippen molar-refractivity contribution in [3.05, 3.63) is 47.5 Å². The molecule has 4 aliphatic rings. The smallest absolute Gasteiger partial charge is 0.322 e. The van der Waals surface area contributed by atoms with Crippen LogP contribution >= 0.6 is 0 Å². The van der Waals surface area contributed by atoms with Gasteiger partial charge in [-0.15, -0.1) is 0 Å². The Morgan fingerprint density at radius 3 is 2.46 bits per heavy atom. The average molecular weight is 533 g/mol. The summed E-state index contributed by atoms with van der Waals surface area (Å²) < 4.78 is 6.02. The number of hydrogen-bond acceptors (Lipinski definition) is 7. The minimum Gasteiger partial charge on any atom is -0.476 e. The van der Waals surface area contributed by atoms with Gasteiger partial charge in [0.15, 0.2) is 5.60 Å². The highest BCUT2D eigenvalue weighted by atomic mass is 16.5. The van der Waals surface area contributed by atoms with Gasteiger partial charge in [0.2, 0.25) is 5.91 Å². The molecule has 11 nitrogen and oxygen atoms in total. The van der Waals surface area contributed by atoms with Crippen molar-refractivity contribution in [3.8, 4) is 5.75 Å². The van der Waals surface area contributed by atoms with Crippen molar-refractivity contribution in [1.82, 2.24) is 15.5 Å². The molecule has 6 rings (SSSR count). The van der Waals surface area contributed by atoms with Gasteiger partial charge in [-0.05, 0) is 62.4 Å². The van der Waals surface area contributed by atoms with Gasteiger partial charge in [-0.3, -0.25) is 24.6 Å². The van der Waals surface area contributed by atoms with E-state index in [0.717, 1.165) is 43.0 Å². The summed E-state index contributed by atoms with van der Waals surface area (Å²) in [4.78, 5) is 56.8. The van der Waals surface area contributed by atoms with Crippen molar-refractivity contribution in [2.45, 2.75) is 37.8 Å². The monoisotopic (exact) mass is 532 g/mol. The highest BCUT2D eigenvalue weighted by Crippen LogP contribution is 2.40. The second-order valence-corrected chi connectivity index (χ2v) is 11.3. The van der Waals surface area contributed by atoms with Crippen molar-refractivity contribution >= 4 is 40.8 Å². The van der Waals surface area contributed by atoms with Crippen LogP contribution in [0, 0.1) is 0 Å². The van der Waals surface area contributed by atoms with Crippen LogP contribution < -0.4 is 30.5 Å². The summed E-state index contributed by atoms with van der Waals surface area (Å²) in [5, 5.41) is 7.96. The molecule has 3 heterocycles. The van der Waals surface area contributed by atoms with E-state index in [1.54, 1.807) is 19.9 Å². The Hall–Kier alpha value is -4.12. The van der Waals surface area contributed by atoms with Gasteiger partial charge in [0, 0.05) is 50.4 Å². The number of urea groups is 1. The molecule has 3 aliphatic heterocycles. The normalized spacial score (nSPS) is 23.7. The summed E-state index contributed by atoms with van der Waals surface area (Å²) in [6.07, 6.45) is 0.750. The summed E-state index contributed by atoms with van der Waals surface area (Å²) in [5.41, 5.74) is 1.86. The molecule has 0 radical (unpaired) electrons. The van der Waals surface area contributed by atoms with Crippen molar-refractivity contribution in [1.29, 1.82) is 0 Å². The number of piperazine rings is 1. The third-order valence-electron chi connectivity index (χ3n) is 8.02. The van der Waals surface area contributed by atoms with Crippen molar-refractivity contribution in [2.75, 3.05) is 54.9 Å². The number of carbonyl (C=O) groups is 4. The number of carbonyl (C=O) groups excluding carboxylic acids is 4. The van der Waals surface area contributed by atoms with Crippen LogP contribution in [0.1, 0.15) is 25.0 Å². The van der Waals surface area contributed by atoms with E-state index in [1.807, 2.05) is 30.3 Å². The van der Waals surface area contributed by atoms with Crippen LogP contribution in [0.4, 0.5) is 21.9 Å². The molecule has 3 N–H and O–H groups in total. The summed E-state index contributed by atoms with van der Waals surface area (Å²) in [5.74, 6) is -0.418. The molecule has 11 heteroatoms. The third-order valence-corrected chi connectivity index (χ3v) is 8.02. The molecule has 5 amide bonds. The van der Waals surface area contributed by atoms with Crippen molar-refractivity contribution in [3.63, 3.8) is 0 Å². The fourth-order valence-corrected chi connectivity index (χ4v) is 5.85. The summed E-state index contributed by atoms with van der Waals surface area (Å²) in [7, 11) is 2.10. The highest BCUT2D eigenvalue weighted by Gasteiger charge is 2.50. The maximum absolute atomic E-state index is 13.4. The number of amides is 5. The Morgan fingerprint density at radius 2 is 1.74 bits per heavy atom. The van der Waals surface area contributed by atoms with E-state index in [2.05, 4.69) is 32.8 Å². The number of likely N-dealkylation sites (N-methyl/N-ethyl adjacent to an activating group) is 1. The zero-order chi connectivity index (χ0) is 27.5. The molecular weight excluding hydrogens is 500 g/mol. The van der Waals surface area contributed by atoms with Crippen LogP contribution in [0.5, 0.6) is 5.75 Å². The molecule has 1 spiro atoms.